The highest BCUT2D eigenvalue weighted by molar-refractivity contribution is 7.11. The maximum absolute atomic E-state index is 12.2. The molecule has 0 aliphatic rings. The molecule has 0 spiro atoms. The summed E-state index contributed by atoms with van der Waals surface area (Å²) in [6, 6.07) is 1.43. The molecular weight excluding hydrogens is 292 g/mol. The molecule has 1 N–H and O–H groups in total. The van der Waals surface area contributed by atoms with Crippen LogP contribution in [0.25, 0.3) is 0 Å². The van der Waals surface area contributed by atoms with Crippen molar-refractivity contribution in [3.05, 3.63) is 34.4 Å². The number of aryl methyl sites for hydroxylation is 1. The van der Waals surface area contributed by atoms with Crippen LogP contribution >= 0.6 is 23.1 Å². The quantitative estimate of drug-likeness (QED) is 0.942. The van der Waals surface area contributed by atoms with Crippen LogP contribution in [0.3, 0.4) is 0 Å². The van der Waals surface area contributed by atoms with Crippen LogP contribution < -0.4 is 4.90 Å². The number of aromatic nitrogens is 1. The van der Waals surface area contributed by atoms with E-state index in [0.29, 0.717) is 5.69 Å². The number of rotatable bonds is 3. The van der Waals surface area contributed by atoms with Crippen LogP contribution in [0.5, 0.6) is 0 Å². The summed E-state index contributed by atoms with van der Waals surface area (Å²) >= 11 is 6.68. The maximum atomic E-state index is 12.2. The summed E-state index contributed by atoms with van der Waals surface area (Å²) in [4.78, 5) is 24.5. The topological polar surface area (TPSA) is 83.6 Å². The Morgan fingerprint density at radius 2 is 2.21 bits per heavy atom. The minimum absolute atomic E-state index is 0.0143. The molecule has 0 unspecified atom stereocenters. The molecule has 6 nitrogen and oxygen atoms in total. The second-order valence-corrected chi connectivity index (χ2v) is 4.82. The van der Waals surface area contributed by atoms with E-state index in [2.05, 4.69) is 4.37 Å². The molecule has 0 aromatic carbocycles. The number of carboxylic acid groups (broad SMARTS) is 1. The number of halogens is 1. The van der Waals surface area contributed by atoms with Gasteiger partial charge in [0.05, 0.1) is 17.5 Å². The zero-order valence-electron chi connectivity index (χ0n) is 10.0. The van der Waals surface area contributed by atoms with Crippen molar-refractivity contribution in [3.63, 3.8) is 0 Å². The Bertz CT molecular complexity index is 649. The fraction of sp³-hybridized carbons (Fsp3) is 0.182. The number of amides is 1. The van der Waals surface area contributed by atoms with Crippen molar-refractivity contribution in [1.29, 1.82) is 0 Å². The third-order valence-electron chi connectivity index (χ3n) is 2.52. The molecule has 2 aromatic rings. The van der Waals surface area contributed by atoms with Crippen molar-refractivity contribution < 1.29 is 19.1 Å². The largest absolute Gasteiger partial charge is 0.478 e. The number of anilines is 1. The lowest BCUT2D eigenvalue weighted by Gasteiger charge is -2.14. The van der Waals surface area contributed by atoms with Gasteiger partial charge >= 0.3 is 5.97 Å². The molecule has 2 aromatic heterocycles. The van der Waals surface area contributed by atoms with Crippen LogP contribution in [-0.2, 0) is 0 Å². The lowest BCUT2D eigenvalue weighted by atomic mass is 10.2. The highest BCUT2D eigenvalue weighted by Gasteiger charge is 2.26. The van der Waals surface area contributed by atoms with E-state index < -0.39 is 11.9 Å². The first-order valence-corrected chi connectivity index (χ1v) is 6.29. The predicted molar refractivity (Wildman–Crippen MR) is 70.3 cm³/mol. The Morgan fingerprint density at radius 1 is 1.53 bits per heavy atom. The lowest BCUT2D eigenvalue weighted by molar-refractivity contribution is 0.0697. The van der Waals surface area contributed by atoms with Crippen LogP contribution in [0.4, 0.5) is 5.00 Å². The van der Waals surface area contributed by atoms with Crippen LogP contribution in [-0.4, -0.2) is 28.4 Å². The molecule has 2 rings (SSSR count). The average Bonchev–Trinajstić information content (AvgIpc) is 2.93. The Kier molecular flexibility index (Phi) is 3.59. The zero-order valence-corrected chi connectivity index (χ0v) is 11.6. The molecule has 0 saturated carbocycles. The van der Waals surface area contributed by atoms with Gasteiger partial charge in [0.25, 0.3) is 5.91 Å². The number of carboxylic acids is 1. The van der Waals surface area contributed by atoms with E-state index in [-0.39, 0.29) is 21.3 Å². The van der Waals surface area contributed by atoms with Gasteiger partial charge < -0.3 is 14.4 Å². The number of carbonyl (C=O) groups is 2. The molecule has 0 bridgehead atoms. The highest BCUT2D eigenvalue weighted by atomic mass is 35.5. The summed E-state index contributed by atoms with van der Waals surface area (Å²) in [6.07, 6.45) is 1.29. The van der Waals surface area contributed by atoms with E-state index in [4.69, 9.17) is 21.1 Å². The fourth-order valence-corrected chi connectivity index (χ4v) is 2.59. The van der Waals surface area contributed by atoms with Gasteiger partial charge in [-0.05, 0) is 36.1 Å². The molecule has 1 amide bonds. The van der Waals surface area contributed by atoms with Gasteiger partial charge in [0.1, 0.15) is 10.6 Å². The molecule has 19 heavy (non-hydrogen) atoms. The van der Waals surface area contributed by atoms with E-state index in [0.717, 1.165) is 11.5 Å². The number of hydrogen-bond donors (Lipinski definition) is 1. The number of nitrogens with zero attached hydrogens (tertiary/aromatic N) is 2. The molecule has 2 heterocycles. The third kappa shape index (κ3) is 2.34. The summed E-state index contributed by atoms with van der Waals surface area (Å²) in [5, 5.41) is 9.36. The van der Waals surface area contributed by atoms with Gasteiger partial charge in [-0.1, -0.05) is 0 Å². The number of hydrogen-bond acceptors (Lipinski definition) is 5. The average molecular weight is 301 g/mol. The van der Waals surface area contributed by atoms with Crippen molar-refractivity contribution in [1.82, 2.24) is 4.37 Å². The van der Waals surface area contributed by atoms with Crippen molar-refractivity contribution in [2.24, 2.45) is 0 Å². The molecule has 8 heteroatoms. The van der Waals surface area contributed by atoms with Crippen molar-refractivity contribution in [2.45, 2.75) is 6.92 Å². The smallest absolute Gasteiger partial charge is 0.340 e. The Balaban J connectivity index is 2.40. The molecule has 0 aliphatic carbocycles. The molecule has 0 radical (unpaired) electrons. The van der Waals surface area contributed by atoms with Gasteiger partial charge in [0.2, 0.25) is 5.22 Å². The minimum Gasteiger partial charge on any atom is -0.478 e. The standard InChI is InChI=1S/C11H9ClN2O4S/c1-5-7(11(16)17)10(19-13-5)14(2)9(15)6-3-4-18-8(6)12/h3-4H,1-2H3,(H,16,17). The molecular formula is C11H9ClN2O4S. The van der Waals surface area contributed by atoms with Gasteiger partial charge in [0.15, 0.2) is 0 Å². The molecule has 0 fully saturated rings. The third-order valence-corrected chi connectivity index (χ3v) is 3.82. The first kappa shape index (κ1) is 13.6. The highest BCUT2D eigenvalue weighted by Crippen LogP contribution is 2.30. The van der Waals surface area contributed by atoms with Crippen LogP contribution in [0.1, 0.15) is 26.4 Å². The lowest BCUT2D eigenvalue weighted by Crippen LogP contribution is -2.26. The molecule has 100 valence electrons. The van der Waals surface area contributed by atoms with E-state index >= 15 is 0 Å². The Labute approximate surface area is 117 Å². The van der Waals surface area contributed by atoms with E-state index in [1.165, 1.54) is 24.3 Å². The zero-order chi connectivity index (χ0) is 14.2. The summed E-state index contributed by atoms with van der Waals surface area (Å²) in [6.45, 7) is 1.58. The second-order valence-electron chi connectivity index (χ2n) is 3.73. The van der Waals surface area contributed by atoms with Crippen molar-refractivity contribution in [2.75, 3.05) is 11.9 Å². The van der Waals surface area contributed by atoms with E-state index in [1.54, 1.807) is 6.92 Å². The van der Waals surface area contributed by atoms with Crippen molar-refractivity contribution in [3.8, 4) is 0 Å². The molecule has 0 aliphatic heterocycles. The van der Waals surface area contributed by atoms with Gasteiger partial charge in [-0.2, -0.15) is 4.37 Å². The van der Waals surface area contributed by atoms with Gasteiger partial charge in [0, 0.05) is 7.05 Å². The monoisotopic (exact) mass is 300 g/mol. The normalized spacial score (nSPS) is 10.5. The minimum atomic E-state index is -1.13. The first-order chi connectivity index (χ1) is 8.93. The van der Waals surface area contributed by atoms with Gasteiger partial charge in [-0.25, -0.2) is 4.79 Å². The summed E-state index contributed by atoms with van der Waals surface area (Å²) in [5.74, 6) is -1.58. The van der Waals surface area contributed by atoms with Crippen molar-refractivity contribution >= 4 is 40.0 Å². The number of furan rings is 1. The van der Waals surface area contributed by atoms with Gasteiger partial charge in [-0.3, -0.25) is 4.79 Å². The van der Waals surface area contributed by atoms with E-state index in [9.17, 15) is 9.59 Å². The molecule has 0 saturated heterocycles. The summed E-state index contributed by atoms with van der Waals surface area (Å²) in [7, 11) is 1.46. The summed E-state index contributed by atoms with van der Waals surface area (Å²) < 4.78 is 8.80. The fourth-order valence-electron chi connectivity index (χ4n) is 1.55. The second kappa shape index (κ2) is 5.02. The SMILES string of the molecule is Cc1nsc(N(C)C(=O)c2ccoc2Cl)c1C(=O)O. The number of aromatic carboxylic acids is 1. The first-order valence-electron chi connectivity index (χ1n) is 5.14. The molecule has 0 atom stereocenters. The van der Waals surface area contributed by atoms with E-state index in [1.807, 2.05) is 0 Å². The maximum Gasteiger partial charge on any atom is 0.340 e. The number of carbonyl (C=O) groups excluding carboxylic acids is 1. The Morgan fingerprint density at radius 3 is 2.74 bits per heavy atom. The van der Waals surface area contributed by atoms with Crippen LogP contribution in [0.15, 0.2) is 16.7 Å². The van der Waals surface area contributed by atoms with Crippen LogP contribution in [0.2, 0.25) is 5.22 Å². The van der Waals surface area contributed by atoms with Crippen LogP contribution in [0, 0.1) is 6.92 Å². The predicted octanol–water partition coefficient (Wildman–Crippen LogP) is 2.67. The summed E-state index contributed by atoms with van der Waals surface area (Å²) in [5.41, 5.74) is 0.553. The Hall–Kier alpha value is -1.86. The van der Waals surface area contributed by atoms with Gasteiger partial charge in [-0.15, -0.1) is 0 Å².